The van der Waals surface area contributed by atoms with Crippen molar-refractivity contribution in [3.05, 3.63) is 33.8 Å². The number of halogens is 3. The summed E-state index contributed by atoms with van der Waals surface area (Å²) in [5, 5.41) is 0. The van der Waals surface area contributed by atoms with Crippen LogP contribution >= 0.6 is 15.9 Å². The van der Waals surface area contributed by atoms with E-state index in [9.17, 15) is 8.78 Å². The van der Waals surface area contributed by atoms with E-state index in [0.29, 0.717) is 18.5 Å². The van der Waals surface area contributed by atoms with E-state index >= 15 is 0 Å². The Balaban J connectivity index is 3.07. The minimum Gasteiger partial charge on any atom is -0.330 e. The minimum atomic E-state index is -0.433. The van der Waals surface area contributed by atoms with Crippen LogP contribution in [0.3, 0.4) is 0 Å². The van der Waals surface area contributed by atoms with E-state index < -0.39 is 11.6 Å². The maximum Gasteiger partial charge on any atom is 0.141 e. The van der Waals surface area contributed by atoms with Crippen LogP contribution in [0.25, 0.3) is 0 Å². The molecular formula is C10H12BrF2N. The summed E-state index contributed by atoms with van der Waals surface area (Å²) in [5.41, 5.74) is 5.74. The normalized spacial score (nSPS) is 12.9. The van der Waals surface area contributed by atoms with E-state index in [1.165, 1.54) is 6.07 Å². The molecular weight excluding hydrogens is 252 g/mol. The van der Waals surface area contributed by atoms with Gasteiger partial charge in [-0.2, -0.15) is 0 Å². The monoisotopic (exact) mass is 263 g/mol. The molecule has 1 unspecified atom stereocenters. The highest BCUT2D eigenvalue weighted by molar-refractivity contribution is 9.10. The number of hydrogen-bond acceptors (Lipinski definition) is 1. The molecule has 0 bridgehead atoms. The Hall–Kier alpha value is -0.480. The number of rotatable bonds is 3. The van der Waals surface area contributed by atoms with Crippen molar-refractivity contribution in [2.75, 3.05) is 6.54 Å². The summed E-state index contributed by atoms with van der Waals surface area (Å²) in [4.78, 5) is 0. The van der Waals surface area contributed by atoms with E-state index in [2.05, 4.69) is 15.9 Å². The third-order valence-corrected chi connectivity index (χ3v) is 2.73. The molecule has 4 heteroatoms. The van der Waals surface area contributed by atoms with Gasteiger partial charge in [-0.15, -0.1) is 0 Å². The Labute approximate surface area is 90.4 Å². The molecule has 1 atom stereocenters. The van der Waals surface area contributed by atoms with Gasteiger partial charge in [0, 0.05) is 0 Å². The largest absolute Gasteiger partial charge is 0.330 e. The van der Waals surface area contributed by atoms with Crippen molar-refractivity contribution in [1.82, 2.24) is 0 Å². The molecule has 1 aromatic rings. The van der Waals surface area contributed by atoms with E-state index in [0.717, 1.165) is 6.07 Å². The van der Waals surface area contributed by atoms with Crippen molar-refractivity contribution in [1.29, 1.82) is 0 Å². The van der Waals surface area contributed by atoms with Crippen molar-refractivity contribution in [2.45, 2.75) is 19.3 Å². The zero-order valence-corrected chi connectivity index (χ0v) is 9.44. The van der Waals surface area contributed by atoms with Crippen LogP contribution in [0.15, 0.2) is 16.6 Å². The molecule has 1 rings (SSSR count). The molecule has 0 aliphatic heterocycles. The maximum absolute atomic E-state index is 13.5. The van der Waals surface area contributed by atoms with Gasteiger partial charge in [-0.05, 0) is 52.5 Å². The highest BCUT2D eigenvalue weighted by atomic mass is 79.9. The SMILES string of the molecule is CC(CCN)c1cc(F)cc(Br)c1F. The molecule has 0 aromatic heterocycles. The van der Waals surface area contributed by atoms with Crippen molar-refractivity contribution in [2.24, 2.45) is 5.73 Å². The molecule has 0 radical (unpaired) electrons. The van der Waals surface area contributed by atoms with Gasteiger partial charge in [0.2, 0.25) is 0 Å². The Kier molecular flexibility index (Phi) is 4.01. The van der Waals surface area contributed by atoms with Crippen LogP contribution in [0.5, 0.6) is 0 Å². The molecule has 78 valence electrons. The van der Waals surface area contributed by atoms with Crippen molar-refractivity contribution < 1.29 is 8.78 Å². The quantitative estimate of drug-likeness (QED) is 0.833. The van der Waals surface area contributed by atoms with E-state index in [1.807, 2.05) is 6.92 Å². The fraction of sp³-hybridized carbons (Fsp3) is 0.400. The van der Waals surface area contributed by atoms with Gasteiger partial charge in [0.1, 0.15) is 11.6 Å². The molecule has 0 amide bonds. The summed E-state index contributed by atoms with van der Waals surface area (Å²) in [6.07, 6.45) is 0.646. The summed E-state index contributed by atoms with van der Waals surface area (Å²) in [7, 11) is 0. The third kappa shape index (κ3) is 2.51. The van der Waals surface area contributed by atoms with E-state index in [4.69, 9.17) is 5.73 Å². The second kappa shape index (κ2) is 4.84. The second-order valence-electron chi connectivity index (χ2n) is 3.27. The van der Waals surface area contributed by atoms with Gasteiger partial charge in [0.25, 0.3) is 0 Å². The first-order chi connectivity index (χ1) is 6.56. The van der Waals surface area contributed by atoms with Gasteiger partial charge in [0.05, 0.1) is 4.47 Å². The third-order valence-electron chi connectivity index (χ3n) is 2.15. The minimum absolute atomic E-state index is 0.0630. The Morgan fingerprint density at radius 2 is 2.07 bits per heavy atom. The van der Waals surface area contributed by atoms with E-state index in [1.54, 1.807) is 0 Å². The van der Waals surface area contributed by atoms with E-state index in [-0.39, 0.29) is 10.4 Å². The van der Waals surface area contributed by atoms with Gasteiger partial charge in [-0.25, -0.2) is 8.78 Å². The molecule has 0 aliphatic carbocycles. The van der Waals surface area contributed by atoms with Crippen LogP contribution in [-0.4, -0.2) is 6.54 Å². The molecule has 0 fully saturated rings. The van der Waals surface area contributed by atoms with Gasteiger partial charge in [0.15, 0.2) is 0 Å². The molecule has 0 saturated heterocycles. The molecule has 0 heterocycles. The summed E-state index contributed by atoms with van der Waals surface area (Å²) in [6, 6.07) is 2.34. The Bertz CT molecular complexity index is 328. The number of nitrogens with two attached hydrogens (primary N) is 1. The van der Waals surface area contributed by atoms with Gasteiger partial charge < -0.3 is 5.73 Å². The molecule has 0 aliphatic rings. The van der Waals surface area contributed by atoms with Crippen LogP contribution < -0.4 is 5.73 Å². The lowest BCUT2D eigenvalue weighted by molar-refractivity contribution is 0.553. The van der Waals surface area contributed by atoms with Crippen LogP contribution in [0.2, 0.25) is 0 Å². The first-order valence-corrected chi connectivity index (χ1v) is 5.20. The van der Waals surface area contributed by atoms with Crippen molar-refractivity contribution >= 4 is 15.9 Å². The summed E-state index contributed by atoms with van der Waals surface area (Å²) >= 11 is 2.97. The molecule has 0 saturated carbocycles. The maximum atomic E-state index is 13.5. The van der Waals surface area contributed by atoms with Gasteiger partial charge >= 0.3 is 0 Å². The molecule has 14 heavy (non-hydrogen) atoms. The smallest absolute Gasteiger partial charge is 0.141 e. The molecule has 0 spiro atoms. The van der Waals surface area contributed by atoms with Crippen LogP contribution in [0, 0.1) is 11.6 Å². The molecule has 2 N–H and O–H groups in total. The fourth-order valence-corrected chi connectivity index (χ4v) is 1.79. The summed E-state index contributed by atoms with van der Waals surface area (Å²) in [6.45, 7) is 2.30. The molecule has 1 nitrogen and oxygen atoms in total. The Morgan fingerprint density at radius 3 is 2.64 bits per heavy atom. The summed E-state index contributed by atoms with van der Waals surface area (Å²) in [5.74, 6) is -0.892. The second-order valence-corrected chi connectivity index (χ2v) is 4.12. The van der Waals surface area contributed by atoms with Crippen LogP contribution in [-0.2, 0) is 0 Å². The molecule has 1 aromatic carbocycles. The highest BCUT2D eigenvalue weighted by Crippen LogP contribution is 2.27. The van der Waals surface area contributed by atoms with Crippen LogP contribution in [0.4, 0.5) is 8.78 Å². The summed E-state index contributed by atoms with van der Waals surface area (Å²) < 4.78 is 26.6. The number of hydrogen-bond donors (Lipinski definition) is 1. The zero-order chi connectivity index (χ0) is 10.7. The average molecular weight is 264 g/mol. The Morgan fingerprint density at radius 1 is 1.43 bits per heavy atom. The lowest BCUT2D eigenvalue weighted by Crippen LogP contribution is -2.06. The topological polar surface area (TPSA) is 26.0 Å². The fourth-order valence-electron chi connectivity index (χ4n) is 1.34. The van der Waals surface area contributed by atoms with Crippen molar-refractivity contribution in [3.8, 4) is 0 Å². The lowest BCUT2D eigenvalue weighted by Gasteiger charge is -2.12. The van der Waals surface area contributed by atoms with Gasteiger partial charge in [-0.3, -0.25) is 0 Å². The number of benzene rings is 1. The standard InChI is InChI=1S/C10H12BrF2N/c1-6(2-3-14)8-4-7(12)5-9(11)10(8)13/h4-6H,2-3,14H2,1H3. The first-order valence-electron chi connectivity index (χ1n) is 4.40. The van der Waals surface area contributed by atoms with Crippen molar-refractivity contribution in [3.63, 3.8) is 0 Å². The predicted octanol–water partition coefficient (Wildman–Crippen LogP) is 3.18. The average Bonchev–Trinajstić information content (AvgIpc) is 2.11. The lowest BCUT2D eigenvalue weighted by atomic mass is 9.97. The predicted molar refractivity (Wildman–Crippen MR) is 56.1 cm³/mol. The van der Waals surface area contributed by atoms with Crippen LogP contribution in [0.1, 0.15) is 24.8 Å². The first kappa shape index (κ1) is 11.6. The van der Waals surface area contributed by atoms with Gasteiger partial charge in [-0.1, -0.05) is 6.92 Å². The zero-order valence-electron chi connectivity index (χ0n) is 7.86. The highest BCUT2D eigenvalue weighted by Gasteiger charge is 2.14.